The summed E-state index contributed by atoms with van der Waals surface area (Å²) in [5.74, 6) is -0.0145. The van der Waals surface area contributed by atoms with Gasteiger partial charge in [-0.25, -0.2) is 0 Å². The number of hydrogen-bond donors (Lipinski definition) is 3. The van der Waals surface area contributed by atoms with Crippen molar-refractivity contribution >= 4 is 11.9 Å². The molecule has 0 aromatic carbocycles. The van der Waals surface area contributed by atoms with Gasteiger partial charge in [0.2, 0.25) is 5.91 Å². The summed E-state index contributed by atoms with van der Waals surface area (Å²) in [6.45, 7) is 4.99. The van der Waals surface area contributed by atoms with Gasteiger partial charge < -0.3 is 20.3 Å². The highest BCUT2D eigenvalue weighted by molar-refractivity contribution is 5.76. The Bertz CT molecular complexity index is 1460. The summed E-state index contributed by atoms with van der Waals surface area (Å²) in [6, 6.07) is -0.540. The van der Waals surface area contributed by atoms with E-state index < -0.39 is 12.1 Å². The average Bonchev–Trinajstić information content (AvgIpc) is 3.68. The zero-order valence-electron chi connectivity index (χ0n) is 61.1. The summed E-state index contributed by atoms with van der Waals surface area (Å²) in [5.41, 5.74) is 0. The Hall–Kier alpha value is -1.92. The van der Waals surface area contributed by atoms with E-state index in [2.05, 4.69) is 55.6 Å². The maximum atomic E-state index is 12.6. The first-order chi connectivity index (χ1) is 44.5. The molecule has 532 valence electrons. The minimum Gasteiger partial charge on any atom is -0.466 e. The molecule has 0 bridgehead atoms. The topological polar surface area (TPSA) is 95.9 Å². The van der Waals surface area contributed by atoms with Gasteiger partial charge in [0.15, 0.2) is 0 Å². The van der Waals surface area contributed by atoms with Crippen LogP contribution in [0.25, 0.3) is 0 Å². The van der Waals surface area contributed by atoms with Gasteiger partial charge in [0.1, 0.15) is 0 Å². The van der Waals surface area contributed by atoms with Crippen LogP contribution >= 0.6 is 0 Å². The Morgan fingerprint density at radius 2 is 0.556 bits per heavy atom. The van der Waals surface area contributed by atoms with E-state index in [0.717, 1.165) is 51.4 Å². The fourth-order valence-corrected chi connectivity index (χ4v) is 13.1. The molecule has 0 spiro atoms. The molecule has 0 aromatic heterocycles. The van der Waals surface area contributed by atoms with Gasteiger partial charge in [0.25, 0.3) is 0 Å². The minimum atomic E-state index is -0.663. The van der Waals surface area contributed by atoms with Crippen molar-refractivity contribution in [2.45, 2.75) is 475 Å². The lowest BCUT2D eigenvalue weighted by Crippen LogP contribution is -2.45. The van der Waals surface area contributed by atoms with E-state index in [1.54, 1.807) is 0 Å². The molecule has 0 fully saturated rings. The number of aliphatic hydroxyl groups is 2. The van der Waals surface area contributed by atoms with Crippen LogP contribution in [0.2, 0.25) is 0 Å². The SMILES string of the molecule is CCCCCCC/C=C\CCCCCCCC(=O)OCCCCCCCCCCCCCCCCC/C=C\C/C=C\CCCCCCCCCCCCCCCCCCCC(=O)NC(CO)C(O)CCCCCCCCCCCCCCCCCCCCCC. The number of carbonyl (C=O) groups excluding carboxylic acids is 2. The molecule has 0 aliphatic carbocycles. The third-order valence-corrected chi connectivity index (χ3v) is 19.4. The van der Waals surface area contributed by atoms with Gasteiger partial charge in [0.05, 0.1) is 25.4 Å². The van der Waals surface area contributed by atoms with E-state index in [0.29, 0.717) is 25.9 Å². The first-order valence-corrected chi connectivity index (χ1v) is 41.2. The minimum absolute atomic E-state index is 0.0124. The smallest absolute Gasteiger partial charge is 0.305 e. The Morgan fingerprint density at radius 3 is 0.856 bits per heavy atom. The number of unbranched alkanes of at least 4 members (excludes halogenated alkanes) is 61. The molecule has 3 N–H and O–H groups in total. The van der Waals surface area contributed by atoms with Crippen molar-refractivity contribution in [2.24, 2.45) is 0 Å². The van der Waals surface area contributed by atoms with Gasteiger partial charge in [0, 0.05) is 12.8 Å². The number of nitrogens with one attached hydrogen (secondary N) is 1. The van der Waals surface area contributed by atoms with Crippen molar-refractivity contribution in [1.82, 2.24) is 5.32 Å². The molecule has 6 heteroatoms. The summed E-state index contributed by atoms with van der Waals surface area (Å²) >= 11 is 0. The van der Waals surface area contributed by atoms with Gasteiger partial charge >= 0.3 is 5.97 Å². The fourth-order valence-electron chi connectivity index (χ4n) is 13.1. The molecule has 0 aromatic rings. The van der Waals surface area contributed by atoms with Crippen molar-refractivity contribution < 1.29 is 24.5 Å². The molecule has 0 heterocycles. The van der Waals surface area contributed by atoms with Crippen LogP contribution in [0.15, 0.2) is 36.5 Å². The summed E-state index contributed by atoms with van der Waals surface area (Å²) in [5, 5.41) is 23.4. The maximum absolute atomic E-state index is 12.6. The first kappa shape index (κ1) is 88.1. The molecule has 0 aliphatic heterocycles. The van der Waals surface area contributed by atoms with Crippen molar-refractivity contribution in [1.29, 1.82) is 0 Å². The number of hydrogen-bond acceptors (Lipinski definition) is 5. The lowest BCUT2D eigenvalue weighted by Gasteiger charge is -2.22. The molecule has 2 unspecified atom stereocenters. The van der Waals surface area contributed by atoms with Crippen molar-refractivity contribution in [3.05, 3.63) is 36.5 Å². The van der Waals surface area contributed by atoms with E-state index in [-0.39, 0.29) is 18.5 Å². The lowest BCUT2D eigenvalue weighted by molar-refractivity contribution is -0.143. The molecular formula is C84H161NO5. The molecular weight excluding hydrogens is 1100 g/mol. The summed E-state index contributed by atoms with van der Waals surface area (Å²) in [4.78, 5) is 24.6. The van der Waals surface area contributed by atoms with E-state index in [1.807, 2.05) is 0 Å². The number of amides is 1. The molecule has 90 heavy (non-hydrogen) atoms. The zero-order valence-corrected chi connectivity index (χ0v) is 61.1. The van der Waals surface area contributed by atoms with Crippen LogP contribution in [0.4, 0.5) is 0 Å². The summed E-state index contributed by atoms with van der Waals surface area (Å²) in [7, 11) is 0. The van der Waals surface area contributed by atoms with Crippen LogP contribution < -0.4 is 5.32 Å². The number of ether oxygens (including phenoxy) is 1. The van der Waals surface area contributed by atoms with Crippen LogP contribution in [0.5, 0.6) is 0 Å². The Balaban J connectivity index is 3.35. The molecule has 1 amide bonds. The van der Waals surface area contributed by atoms with Gasteiger partial charge in [-0.05, 0) is 83.5 Å². The van der Waals surface area contributed by atoms with Crippen molar-refractivity contribution in [3.63, 3.8) is 0 Å². The maximum Gasteiger partial charge on any atom is 0.305 e. The number of rotatable bonds is 78. The third kappa shape index (κ3) is 75.1. The van der Waals surface area contributed by atoms with Crippen molar-refractivity contribution in [2.75, 3.05) is 13.2 Å². The third-order valence-electron chi connectivity index (χ3n) is 19.4. The Kier molecular flexibility index (Phi) is 77.8. The Morgan fingerprint density at radius 1 is 0.311 bits per heavy atom. The monoisotopic (exact) mass is 1260 g/mol. The largest absolute Gasteiger partial charge is 0.466 e. The van der Waals surface area contributed by atoms with Gasteiger partial charge in [-0.1, -0.05) is 403 Å². The zero-order chi connectivity index (χ0) is 64.9. The highest BCUT2D eigenvalue weighted by Gasteiger charge is 2.20. The average molecular weight is 1270 g/mol. The van der Waals surface area contributed by atoms with E-state index in [9.17, 15) is 19.8 Å². The first-order valence-electron chi connectivity index (χ1n) is 41.2. The van der Waals surface area contributed by atoms with Gasteiger partial charge in [-0.2, -0.15) is 0 Å². The predicted octanol–water partition coefficient (Wildman–Crippen LogP) is 27.4. The molecule has 2 atom stereocenters. The fraction of sp³-hybridized carbons (Fsp3) is 0.905. The molecule has 0 radical (unpaired) electrons. The highest BCUT2D eigenvalue weighted by Crippen LogP contribution is 2.20. The van der Waals surface area contributed by atoms with Crippen LogP contribution in [0.3, 0.4) is 0 Å². The molecule has 0 saturated carbocycles. The standard InChI is InChI=1S/C84H161NO5/c1-3-5-7-9-11-13-15-17-19-20-21-43-46-49-52-56-60-64-68-72-76-82(87)81(80-86)85-83(88)77-73-69-65-61-57-53-50-47-44-41-39-37-35-33-31-29-27-25-23-22-24-26-28-30-32-34-36-38-40-42-45-48-51-55-59-63-67-71-75-79-90-84(89)78-74-70-66-62-58-54-18-16-14-12-10-8-6-4-2/h16,18,22-23,26,28,81-82,86-87H,3-15,17,19-21,24-25,27,29-80H2,1-2H3,(H,85,88)/b18-16-,23-22-,28-26-. The molecule has 6 nitrogen and oxygen atoms in total. The summed E-state index contributed by atoms with van der Waals surface area (Å²) in [6.07, 6.45) is 104. The number of carbonyl (C=O) groups is 2. The summed E-state index contributed by atoms with van der Waals surface area (Å²) < 4.78 is 5.49. The van der Waals surface area contributed by atoms with Crippen molar-refractivity contribution in [3.8, 4) is 0 Å². The molecule has 0 rings (SSSR count). The van der Waals surface area contributed by atoms with E-state index in [1.165, 1.54) is 379 Å². The second-order valence-electron chi connectivity index (χ2n) is 28.5. The number of esters is 1. The van der Waals surface area contributed by atoms with Crippen LogP contribution in [-0.2, 0) is 14.3 Å². The predicted molar refractivity (Wildman–Crippen MR) is 398 cm³/mol. The van der Waals surface area contributed by atoms with Gasteiger partial charge in [-0.15, -0.1) is 0 Å². The molecule has 0 aliphatic rings. The van der Waals surface area contributed by atoms with Crippen LogP contribution in [-0.4, -0.2) is 47.4 Å². The highest BCUT2D eigenvalue weighted by atomic mass is 16.5. The van der Waals surface area contributed by atoms with Gasteiger partial charge in [-0.3, -0.25) is 9.59 Å². The van der Waals surface area contributed by atoms with E-state index >= 15 is 0 Å². The van der Waals surface area contributed by atoms with Crippen LogP contribution in [0, 0.1) is 0 Å². The molecule has 0 saturated heterocycles. The Labute approximate surface area is 564 Å². The van der Waals surface area contributed by atoms with E-state index in [4.69, 9.17) is 4.74 Å². The normalized spacial score (nSPS) is 12.6. The number of aliphatic hydroxyl groups excluding tert-OH is 2. The second kappa shape index (κ2) is 79.5. The quantitative estimate of drug-likeness (QED) is 0.0320. The lowest BCUT2D eigenvalue weighted by atomic mass is 10.0. The van der Waals surface area contributed by atoms with Crippen LogP contribution in [0.1, 0.15) is 463 Å². The second-order valence-corrected chi connectivity index (χ2v) is 28.5. The number of allylic oxidation sites excluding steroid dienone is 6.